The molecule has 1 fully saturated rings. The standard InChI is InChI=1S/C22H26N4O3S/c1-13-7-6-10-18(15(13)3)26-21(28)16-8-4-5-9-17(16)23-22(26)30-12-19(27)24-20-11-14(2)25-29-20/h4-5,8-9,11,13,15,18H,6-7,10,12H2,1-3H3,(H,24,27)/t13-,15+,18+/m0/s1. The van der Waals surface area contributed by atoms with Crippen LogP contribution in [-0.4, -0.2) is 26.4 Å². The fraction of sp³-hybridized carbons (Fsp3) is 0.455. The minimum absolute atomic E-state index is 0.0275. The van der Waals surface area contributed by atoms with E-state index >= 15 is 0 Å². The summed E-state index contributed by atoms with van der Waals surface area (Å²) in [6.07, 6.45) is 3.21. The molecule has 1 saturated carbocycles. The maximum Gasteiger partial charge on any atom is 0.262 e. The number of carbonyl (C=O) groups is 1. The van der Waals surface area contributed by atoms with Crippen molar-refractivity contribution >= 4 is 34.5 Å². The van der Waals surface area contributed by atoms with Crippen molar-refractivity contribution < 1.29 is 9.32 Å². The summed E-state index contributed by atoms with van der Waals surface area (Å²) >= 11 is 1.28. The Hall–Kier alpha value is -2.61. The monoisotopic (exact) mass is 426 g/mol. The van der Waals surface area contributed by atoms with Crippen LogP contribution >= 0.6 is 11.8 Å². The van der Waals surface area contributed by atoms with E-state index in [1.54, 1.807) is 13.0 Å². The molecule has 0 bridgehead atoms. The molecule has 7 nitrogen and oxygen atoms in total. The molecule has 1 N–H and O–H groups in total. The first-order valence-corrected chi connectivity index (χ1v) is 11.3. The Labute approximate surface area is 179 Å². The predicted octanol–water partition coefficient (Wildman–Crippen LogP) is 4.42. The van der Waals surface area contributed by atoms with Crippen LogP contribution in [0.15, 0.2) is 44.8 Å². The number of carbonyl (C=O) groups excluding carboxylic acids is 1. The first-order valence-electron chi connectivity index (χ1n) is 10.3. The molecule has 2 aromatic heterocycles. The summed E-state index contributed by atoms with van der Waals surface area (Å²) in [6, 6.07) is 9.15. The van der Waals surface area contributed by atoms with Gasteiger partial charge in [0.2, 0.25) is 11.8 Å². The van der Waals surface area contributed by atoms with E-state index in [2.05, 4.69) is 24.3 Å². The number of hydrogen-bond donors (Lipinski definition) is 1. The van der Waals surface area contributed by atoms with Crippen LogP contribution in [0, 0.1) is 18.8 Å². The topological polar surface area (TPSA) is 90.0 Å². The number of thioether (sulfide) groups is 1. The lowest BCUT2D eigenvalue weighted by molar-refractivity contribution is -0.113. The molecule has 2 heterocycles. The number of anilines is 1. The highest BCUT2D eigenvalue weighted by Crippen LogP contribution is 2.38. The van der Waals surface area contributed by atoms with Gasteiger partial charge in [-0.2, -0.15) is 0 Å². The second-order valence-electron chi connectivity index (χ2n) is 8.09. The van der Waals surface area contributed by atoms with Crippen molar-refractivity contribution in [2.24, 2.45) is 11.8 Å². The molecule has 0 spiro atoms. The van der Waals surface area contributed by atoms with Crippen LogP contribution < -0.4 is 10.9 Å². The van der Waals surface area contributed by atoms with Gasteiger partial charge in [-0.1, -0.05) is 55.7 Å². The van der Waals surface area contributed by atoms with Gasteiger partial charge in [0.15, 0.2) is 5.16 Å². The summed E-state index contributed by atoms with van der Waals surface area (Å²) in [5.41, 5.74) is 1.33. The maximum absolute atomic E-state index is 13.4. The van der Waals surface area contributed by atoms with E-state index in [0.29, 0.717) is 39.5 Å². The number of para-hydroxylation sites is 1. The Bertz CT molecular complexity index is 1120. The molecule has 8 heteroatoms. The van der Waals surface area contributed by atoms with Gasteiger partial charge in [-0.05, 0) is 37.3 Å². The summed E-state index contributed by atoms with van der Waals surface area (Å²) in [5, 5.41) is 7.68. The highest BCUT2D eigenvalue weighted by atomic mass is 32.2. The minimum Gasteiger partial charge on any atom is -0.338 e. The van der Waals surface area contributed by atoms with Gasteiger partial charge >= 0.3 is 0 Å². The maximum atomic E-state index is 13.4. The van der Waals surface area contributed by atoms with Gasteiger partial charge in [0.1, 0.15) is 0 Å². The third kappa shape index (κ3) is 4.14. The third-order valence-corrected chi connectivity index (χ3v) is 6.95. The van der Waals surface area contributed by atoms with E-state index in [-0.39, 0.29) is 23.3 Å². The molecule has 158 valence electrons. The average Bonchev–Trinajstić information content (AvgIpc) is 3.13. The number of hydrogen-bond acceptors (Lipinski definition) is 6. The Morgan fingerprint density at radius 1 is 1.30 bits per heavy atom. The van der Waals surface area contributed by atoms with Crippen molar-refractivity contribution in [1.29, 1.82) is 0 Å². The molecule has 1 aliphatic rings. The van der Waals surface area contributed by atoms with E-state index in [0.717, 1.165) is 12.8 Å². The molecule has 3 aromatic rings. The van der Waals surface area contributed by atoms with Gasteiger partial charge < -0.3 is 4.52 Å². The van der Waals surface area contributed by atoms with Crippen LogP contribution in [0.2, 0.25) is 0 Å². The largest absolute Gasteiger partial charge is 0.338 e. The van der Waals surface area contributed by atoms with E-state index in [4.69, 9.17) is 9.51 Å². The fourth-order valence-electron chi connectivity index (χ4n) is 4.16. The number of rotatable bonds is 5. The smallest absolute Gasteiger partial charge is 0.262 e. The Morgan fingerprint density at radius 3 is 2.87 bits per heavy atom. The molecular formula is C22H26N4O3S. The van der Waals surface area contributed by atoms with Crippen molar-refractivity contribution in [3.05, 3.63) is 46.4 Å². The highest BCUT2D eigenvalue weighted by molar-refractivity contribution is 7.99. The number of amides is 1. The number of benzene rings is 1. The summed E-state index contributed by atoms with van der Waals surface area (Å²) in [5.74, 6) is 1.12. The molecule has 0 saturated heterocycles. The lowest BCUT2D eigenvalue weighted by Gasteiger charge is -2.36. The number of aromatic nitrogens is 3. The molecular weight excluding hydrogens is 400 g/mol. The second-order valence-corrected chi connectivity index (χ2v) is 9.03. The Morgan fingerprint density at radius 2 is 2.10 bits per heavy atom. The summed E-state index contributed by atoms with van der Waals surface area (Å²) < 4.78 is 6.88. The van der Waals surface area contributed by atoms with Crippen LogP contribution in [0.4, 0.5) is 5.88 Å². The first-order chi connectivity index (χ1) is 14.4. The SMILES string of the molecule is Cc1cc(NC(=O)CSc2nc3ccccc3c(=O)n2[C@@H]2CCC[C@H](C)[C@H]2C)on1. The first kappa shape index (κ1) is 20.7. The van der Waals surface area contributed by atoms with Gasteiger partial charge in [0, 0.05) is 12.1 Å². The van der Waals surface area contributed by atoms with Crippen LogP contribution in [0.5, 0.6) is 0 Å². The predicted molar refractivity (Wildman–Crippen MR) is 118 cm³/mol. The zero-order valence-corrected chi connectivity index (χ0v) is 18.2. The van der Waals surface area contributed by atoms with E-state index in [1.165, 1.54) is 18.2 Å². The fourth-order valence-corrected chi connectivity index (χ4v) is 5.02. The van der Waals surface area contributed by atoms with Crippen LogP contribution in [0.3, 0.4) is 0 Å². The van der Waals surface area contributed by atoms with Gasteiger partial charge in [-0.3, -0.25) is 19.5 Å². The number of nitrogens with one attached hydrogen (secondary N) is 1. The normalized spacial score (nSPS) is 21.6. The summed E-state index contributed by atoms with van der Waals surface area (Å²) in [6.45, 7) is 6.25. The molecule has 4 rings (SSSR count). The average molecular weight is 427 g/mol. The van der Waals surface area contributed by atoms with Gasteiger partial charge in [0.25, 0.3) is 5.56 Å². The Balaban J connectivity index is 1.65. The molecule has 0 aliphatic heterocycles. The van der Waals surface area contributed by atoms with Crippen LogP contribution in [0.1, 0.15) is 44.8 Å². The van der Waals surface area contributed by atoms with Crippen molar-refractivity contribution in [2.75, 3.05) is 11.1 Å². The van der Waals surface area contributed by atoms with Gasteiger partial charge in [-0.25, -0.2) is 4.98 Å². The second kappa shape index (κ2) is 8.63. The van der Waals surface area contributed by atoms with Crippen LogP contribution in [-0.2, 0) is 4.79 Å². The number of fused-ring (bicyclic) bond motifs is 1. The van der Waals surface area contributed by atoms with Gasteiger partial charge in [0.05, 0.1) is 22.3 Å². The lowest BCUT2D eigenvalue weighted by atomic mass is 9.78. The van der Waals surface area contributed by atoms with E-state index in [9.17, 15) is 9.59 Å². The summed E-state index contributed by atoms with van der Waals surface area (Å²) in [7, 11) is 0. The van der Waals surface area contributed by atoms with Gasteiger partial charge in [-0.15, -0.1) is 0 Å². The number of aryl methyl sites for hydroxylation is 1. The van der Waals surface area contributed by atoms with E-state index < -0.39 is 0 Å². The van der Waals surface area contributed by atoms with Crippen molar-refractivity contribution in [3.8, 4) is 0 Å². The zero-order valence-electron chi connectivity index (χ0n) is 17.4. The quantitative estimate of drug-likeness (QED) is 0.480. The van der Waals surface area contributed by atoms with E-state index in [1.807, 2.05) is 28.8 Å². The van der Waals surface area contributed by atoms with Crippen molar-refractivity contribution in [1.82, 2.24) is 14.7 Å². The van der Waals surface area contributed by atoms with Crippen LogP contribution in [0.25, 0.3) is 10.9 Å². The third-order valence-electron chi connectivity index (χ3n) is 5.99. The molecule has 1 aromatic carbocycles. The zero-order chi connectivity index (χ0) is 21.3. The molecule has 3 atom stereocenters. The highest BCUT2D eigenvalue weighted by Gasteiger charge is 2.31. The lowest BCUT2D eigenvalue weighted by Crippen LogP contribution is -2.35. The summed E-state index contributed by atoms with van der Waals surface area (Å²) in [4.78, 5) is 30.6. The van der Waals surface area contributed by atoms with Crippen molar-refractivity contribution in [2.45, 2.75) is 51.2 Å². The minimum atomic E-state index is -0.227. The molecule has 1 amide bonds. The molecule has 1 aliphatic carbocycles. The molecule has 0 radical (unpaired) electrons. The Kier molecular flexibility index (Phi) is 5.94. The van der Waals surface area contributed by atoms with Crippen molar-refractivity contribution in [3.63, 3.8) is 0 Å². The molecule has 30 heavy (non-hydrogen) atoms. The molecule has 0 unspecified atom stereocenters. The number of nitrogens with zero attached hydrogens (tertiary/aromatic N) is 3.